The monoisotopic (exact) mass is 308 g/mol. The van der Waals surface area contributed by atoms with Crippen LogP contribution in [-0.4, -0.2) is 31.1 Å². The summed E-state index contributed by atoms with van der Waals surface area (Å²) in [6, 6.07) is 4.30. The molecule has 0 radical (unpaired) electrons. The van der Waals surface area contributed by atoms with Crippen LogP contribution in [0.15, 0.2) is 35.5 Å². The highest BCUT2D eigenvalue weighted by Crippen LogP contribution is 2.29. The zero-order valence-corrected chi connectivity index (χ0v) is 11.6. The number of H-pyrrole nitrogens is 1. The van der Waals surface area contributed by atoms with Crippen molar-refractivity contribution in [2.45, 2.75) is 11.4 Å². The molecule has 0 saturated carbocycles. The largest absolute Gasteiger partial charge is 0.482 e. The van der Waals surface area contributed by atoms with E-state index >= 15 is 0 Å². The summed E-state index contributed by atoms with van der Waals surface area (Å²) in [7, 11) is -3.69. The van der Waals surface area contributed by atoms with Crippen LogP contribution in [0.4, 0.5) is 5.69 Å². The van der Waals surface area contributed by atoms with E-state index in [2.05, 4.69) is 20.2 Å². The Bertz CT molecular complexity index is 771. The minimum absolute atomic E-state index is 0.0514. The lowest BCUT2D eigenvalue weighted by molar-refractivity contribution is -0.118. The Morgan fingerprint density at radius 1 is 1.38 bits per heavy atom. The van der Waals surface area contributed by atoms with Gasteiger partial charge in [-0.3, -0.25) is 9.89 Å². The molecule has 3 rings (SSSR count). The van der Waals surface area contributed by atoms with Gasteiger partial charge in [-0.15, -0.1) is 0 Å². The Labute approximate surface area is 120 Å². The zero-order chi connectivity index (χ0) is 14.9. The number of nitrogens with zero attached hydrogens (tertiary/aromatic N) is 1. The van der Waals surface area contributed by atoms with Gasteiger partial charge >= 0.3 is 0 Å². The van der Waals surface area contributed by atoms with Gasteiger partial charge in [-0.1, -0.05) is 0 Å². The van der Waals surface area contributed by atoms with Gasteiger partial charge in [-0.05, 0) is 18.2 Å². The molecule has 0 aliphatic carbocycles. The van der Waals surface area contributed by atoms with Gasteiger partial charge < -0.3 is 10.1 Å². The van der Waals surface area contributed by atoms with Crippen LogP contribution in [-0.2, 0) is 21.4 Å². The van der Waals surface area contributed by atoms with E-state index in [0.717, 1.165) is 0 Å². The van der Waals surface area contributed by atoms with Crippen molar-refractivity contribution < 1.29 is 17.9 Å². The summed E-state index contributed by atoms with van der Waals surface area (Å²) in [6.45, 7) is 0.0522. The second-order valence-corrected chi connectivity index (χ2v) is 6.19. The number of amides is 1. The highest BCUT2D eigenvalue weighted by Gasteiger charge is 2.20. The van der Waals surface area contributed by atoms with Crippen molar-refractivity contribution in [2.75, 3.05) is 11.9 Å². The number of carbonyl (C=O) groups excluding carboxylic acids is 1. The summed E-state index contributed by atoms with van der Waals surface area (Å²) < 4.78 is 32.0. The number of nitrogens with one attached hydrogen (secondary N) is 3. The van der Waals surface area contributed by atoms with Gasteiger partial charge in [0.2, 0.25) is 10.0 Å². The number of benzene rings is 1. The molecule has 0 unspecified atom stereocenters. The number of carbonyl (C=O) groups is 1. The number of aromatic nitrogens is 2. The van der Waals surface area contributed by atoms with E-state index in [-0.39, 0.29) is 24.0 Å². The Morgan fingerprint density at radius 3 is 3.00 bits per heavy atom. The number of fused-ring (bicyclic) bond motifs is 1. The molecule has 21 heavy (non-hydrogen) atoms. The number of anilines is 1. The molecular formula is C12H12N4O4S. The smallest absolute Gasteiger partial charge is 0.262 e. The van der Waals surface area contributed by atoms with Crippen molar-refractivity contribution in [3.05, 3.63) is 36.2 Å². The number of hydrogen-bond donors (Lipinski definition) is 3. The lowest BCUT2D eigenvalue weighted by atomic mass is 10.2. The fraction of sp³-hybridized carbons (Fsp3) is 0.167. The first-order chi connectivity index (χ1) is 10.0. The molecule has 1 amide bonds. The predicted octanol–water partition coefficient (Wildman–Crippen LogP) is 0.219. The Kier molecular flexibility index (Phi) is 3.35. The van der Waals surface area contributed by atoms with E-state index in [9.17, 15) is 13.2 Å². The fourth-order valence-corrected chi connectivity index (χ4v) is 2.91. The first kappa shape index (κ1) is 13.6. The number of rotatable bonds is 4. The van der Waals surface area contributed by atoms with Crippen LogP contribution in [0.5, 0.6) is 5.75 Å². The van der Waals surface area contributed by atoms with E-state index in [1.54, 1.807) is 6.20 Å². The van der Waals surface area contributed by atoms with Crippen molar-refractivity contribution in [1.29, 1.82) is 0 Å². The minimum atomic E-state index is -3.69. The molecule has 3 N–H and O–H groups in total. The number of hydrogen-bond acceptors (Lipinski definition) is 5. The number of sulfonamides is 1. The second-order valence-electron chi connectivity index (χ2n) is 4.43. The first-order valence-corrected chi connectivity index (χ1v) is 7.57. The first-order valence-electron chi connectivity index (χ1n) is 6.09. The third-order valence-electron chi connectivity index (χ3n) is 2.92. The molecule has 2 heterocycles. The SMILES string of the molecule is O=C1COc2ccc(S(=O)(=O)NCc3cn[nH]c3)cc2N1. The lowest BCUT2D eigenvalue weighted by Gasteiger charge is -2.18. The van der Waals surface area contributed by atoms with Crippen molar-refractivity contribution in [3.8, 4) is 5.75 Å². The maximum atomic E-state index is 12.2. The van der Waals surface area contributed by atoms with Crippen LogP contribution in [0, 0.1) is 0 Å². The summed E-state index contributed by atoms with van der Waals surface area (Å²) in [5.41, 5.74) is 1.06. The van der Waals surface area contributed by atoms with Crippen molar-refractivity contribution >= 4 is 21.6 Å². The molecule has 1 aromatic carbocycles. The van der Waals surface area contributed by atoms with Crippen molar-refractivity contribution in [1.82, 2.24) is 14.9 Å². The minimum Gasteiger partial charge on any atom is -0.482 e. The Hall–Kier alpha value is -2.39. The average Bonchev–Trinajstić information content (AvgIpc) is 2.98. The van der Waals surface area contributed by atoms with E-state index in [1.165, 1.54) is 24.4 Å². The summed E-state index contributed by atoms with van der Waals surface area (Å²) in [5, 5.41) is 8.91. The van der Waals surface area contributed by atoms with Crippen LogP contribution in [0.3, 0.4) is 0 Å². The molecule has 9 heteroatoms. The van der Waals surface area contributed by atoms with E-state index < -0.39 is 10.0 Å². The highest BCUT2D eigenvalue weighted by atomic mass is 32.2. The summed E-state index contributed by atoms with van der Waals surface area (Å²) in [4.78, 5) is 11.3. The van der Waals surface area contributed by atoms with Crippen LogP contribution >= 0.6 is 0 Å². The van der Waals surface area contributed by atoms with E-state index in [0.29, 0.717) is 17.0 Å². The van der Waals surface area contributed by atoms with Crippen LogP contribution in [0.2, 0.25) is 0 Å². The molecular weight excluding hydrogens is 296 g/mol. The van der Waals surface area contributed by atoms with Crippen LogP contribution in [0.1, 0.15) is 5.56 Å². The molecule has 1 aromatic heterocycles. The summed E-state index contributed by atoms with van der Waals surface area (Å²) >= 11 is 0. The molecule has 0 saturated heterocycles. The third kappa shape index (κ3) is 2.88. The van der Waals surface area contributed by atoms with Crippen molar-refractivity contribution in [3.63, 3.8) is 0 Å². The predicted molar refractivity (Wildman–Crippen MR) is 73.2 cm³/mol. The van der Waals surface area contributed by atoms with E-state index in [4.69, 9.17) is 4.74 Å². The zero-order valence-electron chi connectivity index (χ0n) is 10.8. The van der Waals surface area contributed by atoms with Gasteiger partial charge in [-0.25, -0.2) is 13.1 Å². The molecule has 1 aliphatic rings. The molecule has 110 valence electrons. The summed E-state index contributed by atoms with van der Waals surface area (Å²) in [5.74, 6) is 0.131. The van der Waals surface area contributed by atoms with Gasteiger partial charge in [-0.2, -0.15) is 5.10 Å². The van der Waals surface area contributed by atoms with E-state index in [1.807, 2.05) is 0 Å². The normalized spacial score (nSPS) is 14.2. The summed E-state index contributed by atoms with van der Waals surface area (Å²) in [6.07, 6.45) is 3.13. The second kappa shape index (κ2) is 5.19. The lowest BCUT2D eigenvalue weighted by Crippen LogP contribution is -2.27. The standard InChI is InChI=1S/C12H12N4O4S/c17-12-7-20-11-2-1-9(3-10(11)16-12)21(18,19)15-6-8-4-13-14-5-8/h1-5,15H,6-7H2,(H,13,14)(H,16,17). The average molecular weight is 308 g/mol. The molecule has 8 nitrogen and oxygen atoms in total. The number of aromatic amines is 1. The molecule has 0 fully saturated rings. The third-order valence-corrected chi connectivity index (χ3v) is 4.31. The molecule has 1 aliphatic heterocycles. The van der Waals surface area contributed by atoms with Gasteiger partial charge in [0, 0.05) is 18.3 Å². The number of ether oxygens (including phenoxy) is 1. The molecule has 0 spiro atoms. The maximum absolute atomic E-state index is 12.2. The van der Waals surface area contributed by atoms with Crippen LogP contribution in [0.25, 0.3) is 0 Å². The van der Waals surface area contributed by atoms with Gasteiger partial charge in [0.05, 0.1) is 16.8 Å². The molecule has 0 bridgehead atoms. The van der Waals surface area contributed by atoms with Gasteiger partial charge in [0.15, 0.2) is 6.61 Å². The maximum Gasteiger partial charge on any atom is 0.262 e. The quantitative estimate of drug-likeness (QED) is 0.747. The molecule has 0 atom stereocenters. The topological polar surface area (TPSA) is 113 Å². The Balaban J connectivity index is 1.82. The van der Waals surface area contributed by atoms with Gasteiger partial charge in [0.1, 0.15) is 5.75 Å². The fourth-order valence-electron chi connectivity index (χ4n) is 1.87. The Morgan fingerprint density at radius 2 is 2.24 bits per heavy atom. The highest BCUT2D eigenvalue weighted by molar-refractivity contribution is 7.89. The van der Waals surface area contributed by atoms with Gasteiger partial charge in [0.25, 0.3) is 5.91 Å². The van der Waals surface area contributed by atoms with Crippen LogP contribution < -0.4 is 14.8 Å². The van der Waals surface area contributed by atoms with Crippen molar-refractivity contribution in [2.24, 2.45) is 0 Å². The molecule has 2 aromatic rings.